The van der Waals surface area contributed by atoms with Gasteiger partial charge in [-0.2, -0.15) is 0 Å². The number of likely N-dealkylation sites (tertiary alicyclic amines) is 1. The van der Waals surface area contributed by atoms with Crippen molar-refractivity contribution in [2.24, 2.45) is 5.73 Å². The van der Waals surface area contributed by atoms with Crippen LogP contribution in [0.3, 0.4) is 0 Å². The Labute approximate surface area is 116 Å². The lowest BCUT2D eigenvalue weighted by Crippen LogP contribution is -2.46. The fraction of sp³-hybridized carbons (Fsp3) is 0.385. The van der Waals surface area contributed by atoms with E-state index in [1.807, 2.05) is 30.3 Å². The van der Waals surface area contributed by atoms with Crippen LogP contribution in [0.25, 0.3) is 0 Å². The number of nitrogens with zero attached hydrogens (tertiary/aromatic N) is 1. The quantitative estimate of drug-likeness (QED) is 0.751. The summed E-state index contributed by atoms with van der Waals surface area (Å²) in [6.07, 6.45) is -1.64. The Morgan fingerprint density at radius 2 is 2.05 bits per heavy atom. The number of rotatable bonds is 3. The highest BCUT2D eigenvalue weighted by Crippen LogP contribution is 2.09. The van der Waals surface area contributed by atoms with Gasteiger partial charge in [0.15, 0.2) is 0 Å². The number of nitrogens with one attached hydrogen (secondary N) is 1. The van der Waals surface area contributed by atoms with Gasteiger partial charge >= 0.3 is 12.2 Å². The van der Waals surface area contributed by atoms with Crippen LogP contribution < -0.4 is 11.1 Å². The molecule has 108 valence electrons. The third kappa shape index (κ3) is 3.61. The predicted octanol–water partition coefficient (Wildman–Crippen LogP) is 0.602. The summed E-state index contributed by atoms with van der Waals surface area (Å²) >= 11 is 0. The monoisotopic (exact) mass is 279 g/mol. The average Bonchev–Trinajstić information content (AvgIpc) is 2.79. The van der Waals surface area contributed by atoms with E-state index in [-0.39, 0.29) is 19.7 Å². The number of nitrogens with two attached hydrogens (primary N) is 1. The molecule has 1 aromatic carbocycles. The van der Waals surface area contributed by atoms with Crippen LogP contribution in [0.1, 0.15) is 5.56 Å². The Kier molecular flexibility index (Phi) is 4.41. The molecule has 0 radical (unpaired) electrons. The number of hydrogen-bond donors (Lipinski definition) is 3. The number of ether oxygens (including phenoxy) is 1. The van der Waals surface area contributed by atoms with E-state index < -0.39 is 24.3 Å². The molecule has 1 heterocycles. The van der Waals surface area contributed by atoms with Crippen molar-refractivity contribution in [3.8, 4) is 0 Å². The Morgan fingerprint density at radius 1 is 1.35 bits per heavy atom. The zero-order valence-electron chi connectivity index (χ0n) is 10.9. The van der Waals surface area contributed by atoms with Gasteiger partial charge in [0.1, 0.15) is 6.61 Å². The van der Waals surface area contributed by atoms with Crippen molar-refractivity contribution in [3.05, 3.63) is 35.9 Å². The third-order valence-electron chi connectivity index (χ3n) is 3.15. The molecule has 2 amide bonds. The molecule has 0 unspecified atom stereocenters. The average molecular weight is 279 g/mol. The summed E-state index contributed by atoms with van der Waals surface area (Å²) in [5.41, 5.74) is 6.67. The second-order valence-electron chi connectivity index (χ2n) is 4.66. The topological polar surface area (TPSA) is 105 Å². The van der Waals surface area contributed by atoms with Crippen molar-refractivity contribution in [1.82, 2.24) is 10.2 Å². The van der Waals surface area contributed by atoms with E-state index in [0.717, 1.165) is 5.56 Å². The lowest BCUT2D eigenvalue weighted by atomic mass is 10.2. The van der Waals surface area contributed by atoms with Crippen LogP contribution in [-0.2, 0) is 11.3 Å². The van der Waals surface area contributed by atoms with Gasteiger partial charge in [0, 0.05) is 19.1 Å². The van der Waals surface area contributed by atoms with Gasteiger partial charge in [-0.1, -0.05) is 30.3 Å². The summed E-state index contributed by atoms with van der Waals surface area (Å²) in [5, 5.41) is 11.5. The molecule has 7 heteroatoms. The molecule has 0 saturated carbocycles. The molecule has 0 bridgehead atoms. The summed E-state index contributed by atoms with van der Waals surface area (Å²) < 4.78 is 5.06. The van der Waals surface area contributed by atoms with Crippen LogP contribution in [0.4, 0.5) is 9.59 Å². The lowest BCUT2D eigenvalue weighted by molar-refractivity contribution is 0.133. The first-order valence-corrected chi connectivity index (χ1v) is 6.27. The fourth-order valence-electron chi connectivity index (χ4n) is 2.05. The van der Waals surface area contributed by atoms with Crippen molar-refractivity contribution < 1.29 is 19.4 Å². The molecular weight excluding hydrogens is 262 g/mol. The number of amides is 2. The maximum atomic E-state index is 11.6. The molecule has 7 nitrogen and oxygen atoms in total. The largest absolute Gasteiger partial charge is 0.465 e. The highest BCUT2D eigenvalue weighted by molar-refractivity contribution is 5.69. The molecule has 1 aliphatic rings. The first kappa shape index (κ1) is 14.1. The van der Waals surface area contributed by atoms with Gasteiger partial charge in [-0.25, -0.2) is 9.59 Å². The van der Waals surface area contributed by atoms with Gasteiger partial charge in [-0.05, 0) is 5.56 Å². The summed E-state index contributed by atoms with van der Waals surface area (Å²) in [7, 11) is 0. The van der Waals surface area contributed by atoms with Crippen molar-refractivity contribution in [2.45, 2.75) is 18.7 Å². The van der Waals surface area contributed by atoms with Crippen LogP contribution in [0.2, 0.25) is 0 Å². The van der Waals surface area contributed by atoms with E-state index in [2.05, 4.69) is 5.32 Å². The Hall–Kier alpha value is -2.28. The molecule has 0 aromatic heterocycles. The standard InChI is InChI=1S/C13H17N3O4/c14-10-6-16(13(18)19)7-11(10)15-12(17)20-8-9-4-2-1-3-5-9/h1-5,10-11H,6-8,14H2,(H,15,17)(H,18,19)/t10-,11+/m1/s1. The minimum absolute atomic E-state index is 0.164. The molecule has 1 fully saturated rings. The van der Waals surface area contributed by atoms with E-state index in [1.165, 1.54) is 4.90 Å². The zero-order chi connectivity index (χ0) is 14.5. The minimum atomic E-state index is -1.04. The summed E-state index contributed by atoms with van der Waals surface area (Å²) in [5.74, 6) is 0. The van der Waals surface area contributed by atoms with Gasteiger partial charge < -0.3 is 25.8 Å². The molecule has 1 aliphatic heterocycles. The molecule has 4 N–H and O–H groups in total. The number of carboxylic acid groups (broad SMARTS) is 1. The Bertz CT molecular complexity index is 480. The van der Waals surface area contributed by atoms with Gasteiger partial charge in [0.05, 0.1) is 6.04 Å². The first-order valence-electron chi connectivity index (χ1n) is 6.27. The Balaban J connectivity index is 1.79. The second-order valence-corrected chi connectivity index (χ2v) is 4.66. The highest BCUT2D eigenvalue weighted by Gasteiger charge is 2.34. The van der Waals surface area contributed by atoms with Crippen molar-refractivity contribution in [1.29, 1.82) is 0 Å². The van der Waals surface area contributed by atoms with Crippen LogP contribution in [0.5, 0.6) is 0 Å². The molecule has 0 spiro atoms. The molecule has 1 aromatic rings. The second kappa shape index (κ2) is 6.25. The molecule has 2 rings (SSSR count). The smallest absolute Gasteiger partial charge is 0.407 e. The third-order valence-corrected chi connectivity index (χ3v) is 3.15. The number of benzene rings is 1. The normalized spacial score (nSPS) is 21.6. The van der Waals surface area contributed by atoms with Crippen LogP contribution in [-0.4, -0.2) is 47.4 Å². The maximum absolute atomic E-state index is 11.6. The molecule has 20 heavy (non-hydrogen) atoms. The number of hydrogen-bond acceptors (Lipinski definition) is 4. The van der Waals surface area contributed by atoms with Gasteiger partial charge in [-0.3, -0.25) is 0 Å². The summed E-state index contributed by atoms with van der Waals surface area (Å²) in [4.78, 5) is 23.6. The van der Waals surface area contributed by atoms with Crippen molar-refractivity contribution in [3.63, 3.8) is 0 Å². The molecule has 1 saturated heterocycles. The van der Waals surface area contributed by atoms with Gasteiger partial charge in [0.25, 0.3) is 0 Å². The number of alkyl carbamates (subject to hydrolysis) is 1. The van der Waals surface area contributed by atoms with E-state index in [1.54, 1.807) is 0 Å². The minimum Gasteiger partial charge on any atom is -0.465 e. The fourth-order valence-corrected chi connectivity index (χ4v) is 2.05. The summed E-state index contributed by atoms with van der Waals surface area (Å²) in [6.45, 7) is 0.549. The van der Waals surface area contributed by atoms with Crippen LogP contribution in [0, 0.1) is 0 Å². The SMILES string of the molecule is N[C@@H]1CN(C(=O)O)C[C@@H]1NC(=O)OCc1ccccc1. The van der Waals surface area contributed by atoms with Crippen molar-refractivity contribution >= 4 is 12.2 Å². The zero-order valence-corrected chi connectivity index (χ0v) is 10.9. The summed E-state index contributed by atoms with van der Waals surface area (Å²) in [6, 6.07) is 8.44. The molecule has 2 atom stereocenters. The van der Waals surface area contributed by atoms with E-state index in [4.69, 9.17) is 15.6 Å². The van der Waals surface area contributed by atoms with E-state index in [9.17, 15) is 9.59 Å². The number of carbonyl (C=O) groups excluding carboxylic acids is 1. The van der Waals surface area contributed by atoms with Crippen LogP contribution >= 0.6 is 0 Å². The number of carbonyl (C=O) groups is 2. The molecular formula is C13H17N3O4. The van der Waals surface area contributed by atoms with E-state index in [0.29, 0.717) is 0 Å². The predicted molar refractivity (Wildman–Crippen MR) is 71.1 cm³/mol. The molecule has 0 aliphatic carbocycles. The Morgan fingerprint density at radius 3 is 2.65 bits per heavy atom. The maximum Gasteiger partial charge on any atom is 0.407 e. The van der Waals surface area contributed by atoms with E-state index >= 15 is 0 Å². The van der Waals surface area contributed by atoms with Gasteiger partial charge in [-0.15, -0.1) is 0 Å². The first-order chi connectivity index (χ1) is 9.56. The van der Waals surface area contributed by atoms with Gasteiger partial charge in [0.2, 0.25) is 0 Å². The highest BCUT2D eigenvalue weighted by atomic mass is 16.5. The lowest BCUT2D eigenvalue weighted by Gasteiger charge is -2.16. The van der Waals surface area contributed by atoms with Crippen LogP contribution in [0.15, 0.2) is 30.3 Å². The van der Waals surface area contributed by atoms with Crippen molar-refractivity contribution in [2.75, 3.05) is 13.1 Å².